The van der Waals surface area contributed by atoms with Crippen molar-refractivity contribution in [1.29, 1.82) is 0 Å². The fourth-order valence-electron chi connectivity index (χ4n) is 3.26. The number of aryl methyl sites for hydroxylation is 1. The van der Waals surface area contributed by atoms with Crippen LogP contribution in [0.4, 0.5) is 0 Å². The van der Waals surface area contributed by atoms with Crippen molar-refractivity contribution in [3.05, 3.63) is 54.1 Å². The summed E-state index contributed by atoms with van der Waals surface area (Å²) in [5.41, 5.74) is 1.15. The van der Waals surface area contributed by atoms with Gasteiger partial charge in [0.1, 0.15) is 23.0 Å². The average molecular weight is 324 g/mol. The predicted octanol–water partition coefficient (Wildman–Crippen LogP) is 5.18. The summed E-state index contributed by atoms with van der Waals surface area (Å²) in [5.74, 6) is 3.11. The number of Topliss-reactive ketones (excluding diaryl/α,β-unsaturated/α-hetero) is 1. The minimum absolute atomic E-state index is 0.309. The van der Waals surface area contributed by atoms with Crippen molar-refractivity contribution in [1.82, 2.24) is 0 Å². The Kier molecular flexibility index (Phi) is 5.52. The lowest BCUT2D eigenvalue weighted by Gasteiger charge is -2.10. The van der Waals surface area contributed by atoms with Gasteiger partial charge in [0.25, 0.3) is 0 Å². The smallest absolute Gasteiger partial charge is 0.136 e. The maximum absolute atomic E-state index is 12.2. The van der Waals surface area contributed by atoms with Crippen molar-refractivity contribution in [2.24, 2.45) is 5.92 Å². The molecule has 0 radical (unpaired) electrons. The molecule has 3 nitrogen and oxygen atoms in total. The number of carbonyl (C=O) groups is 1. The molecule has 1 aliphatic rings. The Morgan fingerprint density at radius 2 is 1.71 bits per heavy atom. The van der Waals surface area contributed by atoms with E-state index in [0.29, 0.717) is 18.1 Å². The number of methoxy groups -OCH3 is 1. The van der Waals surface area contributed by atoms with Crippen LogP contribution in [0.25, 0.3) is 0 Å². The van der Waals surface area contributed by atoms with E-state index < -0.39 is 0 Å². The van der Waals surface area contributed by atoms with Crippen LogP contribution in [0.1, 0.15) is 37.7 Å². The van der Waals surface area contributed by atoms with Gasteiger partial charge in [-0.25, -0.2) is 0 Å². The van der Waals surface area contributed by atoms with E-state index in [1.165, 1.54) is 12.8 Å². The third-order valence-corrected chi connectivity index (χ3v) is 4.66. The molecule has 2 aromatic rings. The van der Waals surface area contributed by atoms with Crippen LogP contribution < -0.4 is 9.47 Å². The zero-order valence-corrected chi connectivity index (χ0v) is 14.2. The molecule has 1 aliphatic carbocycles. The summed E-state index contributed by atoms with van der Waals surface area (Å²) >= 11 is 0. The van der Waals surface area contributed by atoms with Crippen molar-refractivity contribution in [3.8, 4) is 17.2 Å². The van der Waals surface area contributed by atoms with E-state index in [1.54, 1.807) is 7.11 Å². The average Bonchev–Trinajstić information content (AvgIpc) is 3.15. The lowest BCUT2D eigenvalue weighted by molar-refractivity contribution is -0.122. The maximum atomic E-state index is 12.2. The van der Waals surface area contributed by atoms with Crippen LogP contribution in [0.15, 0.2) is 48.5 Å². The van der Waals surface area contributed by atoms with E-state index in [0.717, 1.165) is 42.1 Å². The molecule has 1 fully saturated rings. The molecule has 0 atom stereocenters. The molecule has 1 saturated carbocycles. The van der Waals surface area contributed by atoms with E-state index in [2.05, 4.69) is 6.07 Å². The van der Waals surface area contributed by atoms with E-state index >= 15 is 0 Å². The van der Waals surface area contributed by atoms with E-state index in [-0.39, 0.29) is 0 Å². The van der Waals surface area contributed by atoms with Crippen molar-refractivity contribution >= 4 is 5.78 Å². The van der Waals surface area contributed by atoms with Crippen molar-refractivity contribution in [3.63, 3.8) is 0 Å². The van der Waals surface area contributed by atoms with Gasteiger partial charge in [0.05, 0.1) is 7.11 Å². The highest BCUT2D eigenvalue weighted by molar-refractivity contribution is 5.81. The Hall–Kier alpha value is -2.29. The van der Waals surface area contributed by atoms with Gasteiger partial charge in [0, 0.05) is 12.3 Å². The molecule has 0 bridgehead atoms. The number of hydrogen-bond acceptors (Lipinski definition) is 3. The predicted molar refractivity (Wildman–Crippen MR) is 94.8 cm³/mol. The van der Waals surface area contributed by atoms with Crippen LogP contribution in [0.3, 0.4) is 0 Å². The van der Waals surface area contributed by atoms with Gasteiger partial charge in [-0.2, -0.15) is 0 Å². The standard InChI is InChI=1S/C21H24O3/c1-23-18-10-12-19(13-11-18)24-20-8-4-5-16(15-20)9-14-21(22)17-6-2-3-7-17/h4-5,8,10-13,15,17H,2-3,6-7,9,14H2,1H3. The third-order valence-electron chi connectivity index (χ3n) is 4.66. The van der Waals surface area contributed by atoms with Crippen LogP contribution in [-0.2, 0) is 11.2 Å². The largest absolute Gasteiger partial charge is 0.497 e. The summed E-state index contributed by atoms with van der Waals surface area (Å²) in [6, 6.07) is 15.5. The quantitative estimate of drug-likeness (QED) is 0.704. The lowest BCUT2D eigenvalue weighted by Crippen LogP contribution is -2.11. The number of hydrogen-bond donors (Lipinski definition) is 0. The first-order valence-corrected chi connectivity index (χ1v) is 8.68. The lowest BCUT2D eigenvalue weighted by atomic mass is 9.97. The SMILES string of the molecule is COc1ccc(Oc2cccc(CCC(=O)C3CCCC3)c2)cc1. The van der Waals surface area contributed by atoms with Gasteiger partial charge in [0.2, 0.25) is 0 Å². The Balaban J connectivity index is 1.57. The van der Waals surface area contributed by atoms with Gasteiger partial charge in [-0.1, -0.05) is 25.0 Å². The molecule has 0 amide bonds. The molecular formula is C21H24O3. The zero-order chi connectivity index (χ0) is 16.8. The van der Waals surface area contributed by atoms with Crippen LogP contribution in [0.2, 0.25) is 0 Å². The number of benzene rings is 2. The fourth-order valence-corrected chi connectivity index (χ4v) is 3.26. The first-order chi connectivity index (χ1) is 11.7. The molecular weight excluding hydrogens is 300 g/mol. The highest BCUT2D eigenvalue weighted by atomic mass is 16.5. The second-order valence-electron chi connectivity index (χ2n) is 6.37. The number of ether oxygens (including phenoxy) is 2. The Morgan fingerprint density at radius 1 is 1.00 bits per heavy atom. The topological polar surface area (TPSA) is 35.5 Å². The summed E-state index contributed by atoms with van der Waals surface area (Å²) in [4.78, 5) is 12.2. The van der Waals surface area contributed by atoms with Crippen LogP contribution in [0, 0.1) is 5.92 Å². The van der Waals surface area contributed by atoms with Crippen LogP contribution in [-0.4, -0.2) is 12.9 Å². The summed E-state index contributed by atoms with van der Waals surface area (Å²) in [5, 5.41) is 0. The second-order valence-corrected chi connectivity index (χ2v) is 6.37. The Labute approximate surface area is 143 Å². The molecule has 0 N–H and O–H groups in total. The second kappa shape index (κ2) is 8.00. The Morgan fingerprint density at radius 3 is 2.42 bits per heavy atom. The highest BCUT2D eigenvalue weighted by Gasteiger charge is 2.21. The molecule has 0 saturated heterocycles. The first kappa shape index (κ1) is 16.6. The highest BCUT2D eigenvalue weighted by Crippen LogP contribution is 2.28. The van der Waals surface area contributed by atoms with E-state index in [9.17, 15) is 4.79 Å². The zero-order valence-electron chi connectivity index (χ0n) is 14.2. The summed E-state index contributed by atoms with van der Waals surface area (Å²) < 4.78 is 11.0. The first-order valence-electron chi connectivity index (χ1n) is 8.68. The normalized spacial score (nSPS) is 14.5. The fraction of sp³-hybridized carbons (Fsp3) is 0.381. The molecule has 2 aromatic carbocycles. The minimum Gasteiger partial charge on any atom is -0.497 e. The maximum Gasteiger partial charge on any atom is 0.136 e. The van der Waals surface area contributed by atoms with Crippen LogP contribution in [0.5, 0.6) is 17.2 Å². The summed E-state index contributed by atoms with van der Waals surface area (Å²) in [7, 11) is 1.65. The van der Waals surface area contributed by atoms with Gasteiger partial charge in [0.15, 0.2) is 0 Å². The summed E-state index contributed by atoms with van der Waals surface area (Å²) in [6.45, 7) is 0. The van der Waals surface area contributed by atoms with Crippen LogP contribution >= 0.6 is 0 Å². The van der Waals surface area contributed by atoms with Gasteiger partial charge in [-0.05, 0) is 61.2 Å². The molecule has 0 aliphatic heterocycles. The molecule has 24 heavy (non-hydrogen) atoms. The molecule has 0 aromatic heterocycles. The molecule has 0 heterocycles. The number of carbonyl (C=O) groups excluding carboxylic acids is 1. The van der Waals surface area contributed by atoms with Gasteiger partial charge in [-0.3, -0.25) is 4.79 Å². The molecule has 0 spiro atoms. The van der Waals surface area contributed by atoms with E-state index in [1.807, 2.05) is 42.5 Å². The van der Waals surface area contributed by atoms with Gasteiger partial charge in [-0.15, -0.1) is 0 Å². The van der Waals surface area contributed by atoms with Crippen molar-refractivity contribution in [2.75, 3.05) is 7.11 Å². The molecule has 126 valence electrons. The Bertz CT molecular complexity index is 670. The monoisotopic (exact) mass is 324 g/mol. The van der Waals surface area contributed by atoms with Crippen molar-refractivity contribution < 1.29 is 14.3 Å². The molecule has 0 unspecified atom stereocenters. The number of rotatable bonds is 7. The van der Waals surface area contributed by atoms with Gasteiger partial charge >= 0.3 is 0 Å². The minimum atomic E-state index is 0.309. The summed E-state index contributed by atoms with van der Waals surface area (Å²) in [6.07, 6.45) is 6.01. The third kappa shape index (κ3) is 4.38. The molecule has 3 heteroatoms. The van der Waals surface area contributed by atoms with E-state index in [4.69, 9.17) is 9.47 Å². The van der Waals surface area contributed by atoms with Gasteiger partial charge < -0.3 is 9.47 Å². The van der Waals surface area contributed by atoms with Crippen molar-refractivity contribution in [2.45, 2.75) is 38.5 Å². The number of ketones is 1. The molecule has 3 rings (SSSR count).